The lowest BCUT2D eigenvalue weighted by atomic mass is 10.1. The lowest BCUT2D eigenvalue weighted by molar-refractivity contribution is 0.0507. The van der Waals surface area contributed by atoms with E-state index < -0.39 is 11.6 Å². The van der Waals surface area contributed by atoms with Crippen LogP contribution in [0, 0.1) is 0 Å². The summed E-state index contributed by atoms with van der Waals surface area (Å²) < 4.78 is 0. The summed E-state index contributed by atoms with van der Waals surface area (Å²) in [6.07, 6.45) is 0. The van der Waals surface area contributed by atoms with Gasteiger partial charge < -0.3 is 15.7 Å². The molecule has 1 aliphatic heterocycles. The fraction of sp³-hybridized carbons (Fsp3) is 0.400. The average molecular weight is 305 g/mol. The summed E-state index contributed by atoms with van der Waals surface area (Å²) in [6, 6.07) is 4.09. The number of imide groups is 1. The van der Waals surface area contributed by atoms with Gasteiger partial charge in [0, 0.05) is 17.8 Å². The topological polar surface area (TPSA) is 98.7 Å². The Hall–Kier alpha value is -2.41. The van der Waals surface area contributed by atoms with Gasteiger partial charge in [-0.1, -0.05) is 0 Å². The van der Waals surface area contributed by atoms with Crippen LogP contribution in [0.25, 0.3) is 0 Å². The molecule has 7 heteroatoms. The average Bonchev–Trinajstić information content (AvgIpc) is 2.68. The highest BCUT2D eigenvalue weighted by Gasteiger charge is 2.41. The van der Waals surface area contributed by atoms with Crippen LogP contribution in [0.1, 0.15) is 41.5 Å². The van der Waals surface area contributed by atoms with Gasteiger partial charge in [0.1, 0.15) is 0 Å². The van der Waals surface area contributed by atoms with Crippen LogP contribution in [0.4, 0.5) is 10.5 Å². The highest BCUT2D eigenvalue weighted by Crippen LogP contribution is 2.30. The monoisotopic (exact) mass is 305 g/mol. The smallest absolute Gasteiger partial charge is 0.319 e. The molecule has 0 saturated carbocycles. The predicted molar refractivity (Wildman–Crippen MR) is 80.8 cm³/mol. The minimum atomic E-state index is -0.612. The molecule has 2 rings (SSSR count). The Labute approximate surface area is 128 Å². The fourth-order valence-corrected chi connectivity index (χ4v) is 2.27. The van der Waals surface area contributed by atoms with Gasteiger partial charge in [0.05, 0.1) is 17.7 Å². The van der Waals surface area contributed by atoms with Crippen molar-refractivity contribution in [2.24, 2.45) is 0 Å². The van der Waals surface area contributed by atoms with Crippen molar-refractivity contribution in [2.45, 2.75) is 26.3 Å². The van der Waals surface area contributed by atoms with Crippen molar-refractivity contribution < 1.29 is 19.5 Å². The van der Waals surface area contributed by atoms with Crippen molar-refractivity contribution in [3.8, 4) is 0 Å². The summed E-state index contributed by atoms with van der Waals surface area (Å²) in [5.41, 5.74) is 0.409. The van der Waals surface area contributed by atoms with Gasteiger partial charge in [0.15, 0.2) is 0 Å². The minimum Gasteiger partial charge on any atom is -0.395 e. The summed E-state index contributed by atoms with van der Waals surface area (Å²) in [6.45, 7) is 5.33. The van der Waals surface area contributed by atoms with Crippen LogP contribution < -0.4 is 10.6 Å². The van der Waals surface area contributed by atoms with Crippen LogP contribution >= 0.6 is 0 Å². The number of amides is 4. The molecule has 3 N–H and O–H groups in total. The number of benzene rings is 1. The summed E-state index contributed by atoms with van der Waals surface area (Å²) >= 11 is 0. The molecule has 1 aromatic carbocycles. The first-order valence-corrected chi connectivity index (χ1v) is 6.94. The van der Waals surface area contributed by atoms with E-state index in [-0.39, 0.29) is 30.5 Å². The number of rotatable bonds is 3. The quantitative estimate of drug-likeness (QED) is 0.731. The Bertz CT molecular complexity index is 634. The van der Waals surface area contributed by atoms with Gasteiger partial charge in [0.25, 0.3) is 11.8 Å². The lowest BCUT2D eigenvalue weighted by Gasteiger charge is -2.29. The maximum atomic E-state index is 12.4. The third-order valence-corrected chi connectivity index (χ3v) is 3.21. The molecule has 0 bridgehead atoms. The van der Waals surface area contributed by atoms with Crippen molar-refractivity contribution in [3.63, 3.8) is 0 Å². The van der Waals surface area contributed by atoms with Crippen molar-refractivity contribution in [2.75, 3.05) is 18.5 Å². The van der Waals surface area contributed by atoms with E-state index in [2.05, 4.69) is 10.6 Å². The van der Waals surface area contributed by atoms with E-state index in [0.717, 1.165) is 0 Å². The number of fused-ring (bicyclic) bond motifs is 1. The first kappa shape index (κ1) is 16.0. The summed E-state index contributed by atoms with van der Waals surface area (Å²) in [4.78, 5) is 37.5. The van der Waals surface area contributed by atoms with E-state index in [1.54, 1.807) is 26.8 Å². The minimum absolute atomic E-state index is 0.131. The van der Waals surface area contributed by atoms with E-state index in [9.17, 15) is 14.4 Å². The highest BCUT2D eigenvalue weighted by molar-refractivity contribution is 6.22. The van der Waals surface area contributed by atoms with Crippen LogP contribution in [0.15, 0.2) is 18.2 Å². The maximum Gasteiger partial charge on any atom is 0.319 e. The molecule has 0 spiro atoms. The second-order valence-corrected chi connectivity index (χ2v) is 5.98. The molecule has 1 aliphatic rings. The molecule has 0 aliphatic carbocycles. The second-order valence-electron chi connectivity index (χ2n) is 5.98. The van der Waals surface area contributed by atoms with Crippen molar-refractivity contribution in [1.29, 1.82) is 0 Å². The molecule has 4 amide bonds. The SMILES string of the molecule is CC(C)(C)N1C(=O)c2ccc(NC(=O)NCCO)cc2C1=O. The molecule has 7 nitrogen and oxygen atoms in total. The molecule has 0 aromatic heterocycles. The Morgan fingerprint density at radius 2 is 1.82 bits per heavy atom. The third-order valence-electron chi connectivity index (χ3n) is 3.21. The Morgan fingerprint density at radius 1 is 1.18 bits per heavy atom. The number of carbonyl (C=O) groups excluding carboxylic acids is 3. The van der Waals surface area contributed by atoms with Crippen LogP contribution in [-0.2, 0) is 0 Å². The summed E-state index contributed by atoms with van der Waals surface area (Å²) in [7, 11) is 0. The molecule has 118 valence electrons. The first-order valence-electron chi connectivity index (χ1n) is 6.94. The van der Waals surface area contributed by atoms with E-state index >= 15 is 0 Å². The standard InChI is InChI=1S/C15H19N3O4/c1-15(2,3)18-12(20)10-5-4-9(8-11(10)13(18)21)17-14(22)16-6-7-19/h4-5,8,19H,6-7H2,1-3H3,(H2,16,17,22). The molecular formula is C15H19N3O4. The molecule has 1 aromatic rings. The van der Waals surface area contributed by atoms with Gasteiger partial charge in [-0.3, -0.25) is 14.5 Å². The zero-order chi connectivity index (χ0) is 16.5. The highest BCUT2D eigenvalue weighted by atomic mass is 16.3. The van der Waals surface area contributed by atoms with Gasteiger partial charge in [-0.05, 0) is 39.0 Å². The van der Waals surface area contributed by atoms with Gasteiger partial charge in [-0.2, -0.15) is 0 Å². The fourth-order valence-electron chi connectivity index (χ4n) is 2.27. The van der Waals surface area contributed by atoms with E-state index in [0.29, 0.717) is 11.3 Å². The van der Waals surface area contributed by atoms with Crippen LogP contribution in [0.2, 0.25) is 0 Å². The van der Waals surface area contributed by atoms with Crippen LogP contribution in [-0.4, -0.2) is 46.5 Å². The van der Waals surface area contributed by atoms with Gasteiger partial charge >= 0.3 is 6.03 Å². The molecule has 0 atom stereocenters. The third kappa shape index (κ3) is 2.94. The van der Waals surface area contributed by atoms with Gasteiger partial charge in [-0.15, -0.1) is 0 Å². The molecule has 0 unspecified atom stereocenters. The normalized spacial score (nSPS) is 14.1. The number of aliphatic hydroxyl groups excluding tert-OH is 1. The molecule has 0 fully saturated rings. The summed E-state index contributed by atoms with van der Waals surface area (Å²) in [5.74, 6) is -0.698. The van der Waals surface area contributed by atoms with Gasteiger partial charge in [0.2, 0.25) is 0 Å². The van der Waals surface area contributed by atoms with Crippen molar-refractivity contribution >= 4 is 23.5 Å². The number of carbonyl (C=O) groups is 3. The number of anilines is 1. The molecule has 0 saturated heterocycles. The largest absolute Gasteiger partial charge is 0.395 e. The number of nitrogens with one attached hydrogen (secondary N) is 2. The molecule has 22 heavy (non-hydrogen) atoms. The Balaban J connectivity index is 2.24. The van der Waals surface area contributed by atoms with Gasteiger partial charge in [-0.25, -0.2) is 4.79 Å². The Morgan fingerprint density at radius 3 is 2.41 bits per heavy atom. The molecule has 1 heterocycles. The van der Waals surface area contributed by atoms with Crippen LogP contribution in [0.3, 0.4) is 0 Å². The number of urea groups is 1. The number of aliphatic hydroxyl groups is 1. The summed E-state index contributed by atoms with van der Waals surface area (Å²) in [5, 5.41) is 13.6. The first-order chi connectivity index (χ1) is 10.3. The van der Waals surface area contributed by atoms with E-state index in [4.69, 9.17) is 5.11 Å². The lowest BCUT2D eigenvalue weighted by Crippen LogP contribution is -2.45. The molecule has 0 radical (unpaired) electrons. The second kappa shape index (κ2) is 5.76. The number of hydrogen-bond acceptors (Lipinski definition) is 4. The molecular weight excluding hydrogens is 286 g/mol. The van der Waals surface area contributed by atoms with Crippen molar-refractivity contribution in [3.05, 3.63) is 29.3 Å². The zero-order valence-electron chi connectivity index (χ0n) is 12.8. The Kier molecular flexibility index (Phi) is 4.18. The maximum absolute atomic E-state index is 12.4. The van der Waals surface area contributed by atoms with Crippen LogP contribution in [0.5, 0.6) is 0 Å². The zero-order valence-corrected chi connectivity index (χ0v) is 12.8. The van der Waals surface area contributed by atoms with E-state index in [1.165, 1.54) is 17.0 Å². The number of hydrogen-bond donors (Lipinski definition) is 3. The number of nitrogens with zero attached hydrogens (tertiary/aromatic N) is 1. The predicted octanol–water partition coefficient (Wildman–Crippen LogP) is 1.19. The van der Waals surface area contributed by atoms with E-state index in [1.807, 2.05) is 0 Å². The van der Waals surface area contributed by atoms with Crippen molar-refractivity contribution in [1.82, 2.24) is 10.2 Å².